The first kappa shape index (κ1) is 18.0. The molecule has 0 radical (unpaired) electrons. The molecule has 1 N–H and O–H groups in total. The van der Waals surface area contributed by atoms with E-state index >= 15 is 0 Å². The molecule has 1 amide bonds. The van der Waals surface area contributed by atoms with Gasteiger partial charge in [0.2, 0.25) is 5.91 Å². The Labute approximate surface area is 157 Å². The number of carbonyl (C=O) groups excluding carboxylic acids is 1. The zero-order valence-corrected chi connectivity index (χ0v) is 15.3. The third kappa shape index (κ3) is 5.36. The van der Waals surface area contributed by atoms with Gasteiger partial charge in [-0.2, -0.15) is 0 Å². The first-order valence-electron chi connectivity index (χ1n) is 8.35. The smallest absolute Gasteiger partial charge is 0.237 e. The van der Waals surface area contributed by atoms with E-state index in [9.17, 15) is 4.79 Å². The molecule has 0 aliphatic heterocycles. The van der Waals surface area contributed by atoms with Crippen molar-refractivity contribution in [2.75, 3.05) is 5.32 Å². The predicted molar refractivity (Wildman–Crippen MR) is 107 cm³/mol. The highest BCUT2D eigenvalue weighted by Gasteiger charge is 2.14. The highest BCUT2D eigenvalue weighted by Crippen LogP contribution is 2.24. The van der Waals surface area contributed by atoms with Gasteiger partial charge in [-0.25, -0.2) is 0 Å². The van der Waals surface area contributed by atoms with Crippen molar-refractivity contribution in [2.24, 2.45) is 0 Å². The summed E-state index contributed by atoms with van der Waals surface area (Å²) >= 11 is 1.61. The third-order valence-corrected chi connectivity index (χ3v) is 4.91. The van der Waals surface area contributed by atoms with Crippen LogP contribution in [0.15, 0.2) is 79.1 Å². The minimum absolute atomic E-state index is 0.0213. The number of anilines is 1. The van der Waals surface area contributed by atoms with Crippen LogP contribution in [0.5, 0.6) is 11.5 Å². The van der Waals surface area contributed by atoms with Crippen LogP contribution in [0.2, 0.25) is 0 Å². The van der Waals surface area contributed by atoms with Crippen LogP contribution in [0.4, 0.5) is 5.69 Å². The molecule has 0 spiro atoms. The number of benzene rings is 2. The standard InChI is InChI=1S/C21H20N2O2S/c1-16(26-15-17-6-3-2-4-7-17)21(24)23-18-8-5-9-20(14-18)25-19-10-12-22-13-11-19/h2-14,16H,15H2,1H3,(H,23,24). The molecule has 1 heterocycles. The van der Waals surface area contributed by atoms with Gasteiger partial charge in [0.25, 0.3) is 0 Å². The monoisotopic (exact) mass is 364 g/mol. The first-order chi connectivity index (χ1) is 12.7. The molecule has 3 aromatic rings. The molecule has 26 heavy (non-hydrogen) atoms. The lowest BCUT2D eigenvalue weighted by atomic mass is 10.2. The van der Waals surface area contributed by atoms with Crippen LogP contribution in [-0.2, 0) is 10.5 Å². The van der Waals surface area contributed by atoms with E-state index in [4.69, 9.17) is 4.74 Å². The van der Waals surface area contributed by atoms with Crippen LogP contribution >= 0.6 is 11.8 Å². The summed E-state index contributed by atoms with van der Waals surface area (Å²) in [5.41, 5.74) is 1.93. The summed E-state index contributed by atoms with van der Waals surface area (Å²) in [6, 6.07) is 21.1. The van der Waals surface area contributed by atoms with Gasteiger partial charge >= 0.3 is 0 Å². The second-order valence-corrected chi connectivity index (χ2v) is 7.07. The number of carbonyl (C=O) groups is 1. The number of hydrogen-bond acceptors (Lipinski definition) is 4. The van der Waals surface area contributed by atoms with Gasteiger partial charge in [0.1, 0.15) is 11.5 Å². The minimum Gasteiger partial charge on any atom is -0.457 e. The summed E-state index contributed by atoms with van der Waals surface area (Å²) in [5.74, 6) is 2.15. The molecule has 0 bridgehead atoms. The molecule has 4 nitrogen and oxygen atoms in total. The number of pyridine rings is 1. The van der Waals surface area contributed by atoms with E-state index in [1.165, 1.54) is 5.56 Å². The topological polar surface area (TPSA) is 51.2 Å². The van der Waals surface area contributed by atoms with Crippen LogP contribution < -0.4 is 10.1 Å². The first-order valence-corrected chi connectivity index (χ1v) is 9.40. The lowest BCUT2D eigenvalue weighted by Gasteiger charge is -2.13. The number of thioether (sulfide) groups is 1. The van der Waals surface area contributed by atoms with Gasteiger partial charge in [0.05, 0.1) is 5.25 Å². The molecule has 3 rings (SSSR count). The number of aromatic nitrogens is 1. The van der Waals surface area contributed by atoms with Crippen molar-refractivity contribution >= 4 is 23.4 Å². The Bertz CT molecular complexity index is 841. The molecule has 132 valence electrons. The molecular formula is C21H20N2O2S. The van der Waals surface area contributed by atoms with Gasteiger partial charge < -0.3 is 10.1 Å². The average Bonchev–Trinajstić information content (AvgIpc) is 2.68. The van der Waals surface area contributed by atoms with Crippen molar-refractivity contribution in [3.8, 4) is 11.5 Å². The maximum Gasteiger partial charge on any atom is 0.237 e. The van der Waals surface area contributed by atoms with Gasteiger partial charge in [-0.3, -0.25) is 9.78 Å². The molecule has 0 saturated carbocycles. The van der Waals surface area contributed by atoms with Gasteiger partial charge in [0, 0.05) is 29.9 Å². The van der Waals surface area contributed by atoms with Gasteiger partial charge in [0.15, 0.2) is 0 Å². The van der Waals surface area contributed by atoms with Crippen molar-refractivity contribution in [3.05, 3.63) is 84.7 Å². The van der Waals surface area contributed by atoms with E-state index in [1.54, 1.807) is 36.3 Å². The number of nitrogens with zero attached hydrogens (tertiary/aromatic N) is 1. The predicted octanol–water partition coefficient (Wildman–Crippen LogP) is 5.13. The zero-order valence-electron chi connectivity index (χ0n) is 14.5. The SMILES string of the molecule is CC(SCc1ccccc1)C(=O)Nc1cccc(Oc2ccncc2)c1. The summed E-state index contributed by atoms with van der Waals surface area (Å²) < 4.78 is 5.77. The van der Waals surface area contributed by atoms with E-state index in [0.717, 1.165) is 5.75 Å². The van der Waals surface area contributed by atoms with Gasteiger partial charge in [-0.15, -0.1) is 11.8 Å². The highest BCUT2D eigenvalue weighted by atomic mass is 32.2. The molecule has 1 aromatic heterocycles. The molecule has 0 aliphatic rings. The number of ether oxygens (including phenoxy) is 1. The van der Waals surface area contributed by atoms with Crippen LogP contribution in [0.1, 0.15) is 12.5 Å². The zero-order chi connectivity index (χ0) is 18.2. The molecule has 0 saturated heterocycles. The van der Waals surface area contributed by atoms with Gasteiger partial charge in [-0.1, -0.05) is 36.4 Å². The second-order valence-electron chi connectivity index (χ2n) is 5.74. The largest absolute Gasteiger partial charge is 0.457 e. The molecule has 0 fully saturated rings. The van der Waals surface area contributed by atoms with Crippen molar-refractivity contribution < 1.29 is 9.53 Å². The normalized spacial score (nSPS) is 11.6. The fourth-order valence-corrected chi connectivity index (χ4v) is 3.14. The van der Waals surface area contributed by atoms with E-state index in [1.807, 2.05) is 49.4 Å². The molecular weight excluding hydrogens is 344 g/mol. The maximum atomic E-state index is 12.4. The summed E-state index contributed by atoms with van der Waals surface area (Å²) in [6.45, 7) is 1.92. The number of amides is 1. The minimum atomic E-state index is -0.153. The fraction of sp³-hybridized carbons (Fsp3) is 0.143. The van der Waals surface area contributed by atoms with E-state index in [2.05, 4.69) is 22.4 Å². The Balaban J connectivity index is 1.56. The quantitative estimate of drug-likeness (QED) is 0.631. The summed E-state index contributed by atoms with van der Waals surface area (Å²) in [6.07, 6.45) is 3.35. The van der Waals surface area contributed by atoms with E-state index < -0.39 is 0 Å². The Morgan fingerprint density at radius 1 is 1.04 bits per heavy atom. The lowest BCUT2D eigenvalue weighted by Crippen LogP contribution is -2.22. The summed E-state index contributed by atoms with van der Waals surface area (Å²) in [4.78, 5) is 16.4. The molecule has 2 aromatic carbocycles. The molecule has 0 aliphatic carbocycles. The van der Waals surface area contributed by atoms with Crippen LogP contribution in [0.3, 0.4) is 0 Å². The average molecular weight is 364 g/mol. The van der Waals surface area contributed by atoms with E-state index in [-0.39, 0.29) is 11.2 Å². The number of rotatable bonds is 7. The molecule has 1 unspecified atom stereocenters. The van der Waals surface area contributed by atoms with Crippen LogP contribution in [-0.4, -0.2) is 16.1 Å². The van der Waals surface area contributed by atoms with Gasteiger partial charge in [-0.05, 0) is 36.8 Å². The summed E-state index contributed by atoms with van der Waals surface area (Å²) in [5, 5.41) is 2.80. The fourth-order valence-electron chi connectivity index (χ4n) is 2.29. The number of hydrogen-bond donors (Lipinski definition) is 1. The second kappa shape index (κ2) is 9.06. The lowest BCUT2D eigenvalue weighted by molar-refractivity contribution is -0.115. The summed E-state index contributed by atoms with van der Waals surface area (Å²) in [7, 11) is 0. The Kier molecular flexibility index (Phi) is 6.28. The Morgan fingerprint density at radius 2 is 1.81 bits per heavy atom. The van der Waals surface area contributed by atoms with E-state index in [0.29, 0.717) is 17.2 Å². The van der Waals surface area contributed by atoms with Crippen molar-refractivity contribution in [1.29, 1.82) is 0 Å². The Hall–Kier alpha value is -2.79. The Morgan fingerprint density at radius 3 is 2.58 bits per heavy atom. The molecule has 5 heteroatoms. The third-order valence-electron chi connectivity index (χ3n) is 3.70. The van der Waals surface area contributed by atoms with Crippen LogP contribution in [0, 0.1) is 0 Å². The maximum absolute atomic E-state index is 12.4. The molecule has 1 atom stereocenters. The van der Waals surface area contributed by atoms with Crippen molar-refractivity contribution in [2.45, 2.75) is 17.9 Å². The van der Waals surface area contributed by atoms with Crippen molar-refractivity contribution in [1.82, 2.24) is 4.98 Å². The highest BCUT2D eigenvalue weighted by molar-refractivity contribution is 7.99. The van der Waals surface area contributed by atoms with Crippen LogP contribution in [0.25, 0.3) is 0 Å². The number of nitrogens with one attached hydrogen (secondary N) is 1. The van der Waals surface area contributed by atoms with Crippen molar-refractivity contribution in [3.63, 3.8) is 0 Å².